The molecule has 0 unspecified atom stereocenters. The molecular formula is C23H19ClN2O3. The zero-order valence-corrected chi connectivity index (χ0v) is 16.5. The number of hydrazone groups is 1. The molecule has 5 nitrogen and oxygen atoms in total. The number of nitrogens with two attached hydrogens (primary N) is 1. The number of aryl methyl sites for hydroxylation is 1. The van der Waals surface area contributed by atoms with E-state index in [0.717, 1.165) is 11.1 Å². The van der Waals surface area contributed by atoms with E-state index in [4.69, 9.17) is 22.2 Å². The summed E-state index contributed by atoms with van der Waals surface area (Å²) >= 11 is 5.85. The van der Waals surface area contributed by atoms with Gasteiger partial charge in [0, 0.05) is 17.0 Å². The Morgan fingerprint density at radius 1 is 0.966 bits per heavy atom. The van der Waals surface area contributed by atoms with E-state index < -0.39 is 5.97 Å². The van der Waals surface area contributed by atoms with Gasteiger partial charge >= 0.3 is 5.97 Å². The molecule has 0 spiro atoms. The highest BCUT2D eigenvalue weighted by Gasteiger charge is 2.20. The van der Waals surface area contributed by atoms with Crippen molar-refractivity contribution in [2.45, 2.75) is 13.3 Å². The number of rotatable bonds is 6. The molecule has 0 heterocycles. The zero-order valence-electron chi connectivity index (χ0n) is 15.8. The van der Waals surface area contributed by atoms with Crippen LogP contribution in [0.15, 0.2) is 77.9 Å². The fraction of sp³-hybridized carbons (Fsp3) is 0.0870. The molecule has 29 heavy (non-hydrogen) atoms. The van der Waals surface area contributed by atoms with Crippen molar-refractivity contribution in [1.29, 1.82) is 0 Å². The van der Waals surface area contributed by atoms with Crippen molar-refractivity contribution < 1.29 is 14.3 Å². The van der Waals surface area contributed by atoms with E-state index in [9.17, 15) is 9.59 Å². The first-order chi connectivity index (χ1) is 14.0. The number of carbonyl (C=O) groups excluding carboxylic acids is 2. The van der Waals surface area contributed by atoms with Gasteiger partial charge in [-0.25, -0.2) is 4.79 Å². The normalized spacial score (nSPS) is 11.2. The molecule has 0 amide bonds. The van der Waals surface area contributed by atoms with E-state index in [0.29, 0.717) is 16.1 Å². The summed E-state index contributed by atoms with van der Waals surface area (Å²) in [4.78, 5) is 25.3. The Bertz CT molecular complexity index is 1060. The van der Waals surface area contributed by atoms with E-state index in [1.807, 2.05) is 31.2 Å². The zero-order chi connectivity index (χ0) is 20.8. The third kappa shape index (κ3) is 5.09. The predicted molar refractivity (Wildman–Crippen MR) is 113 cm³/mol. The molecule has 0 saturated heterocycles. The number of Topliss-reactive ketones (excluding diaryl/α,β-unsaturated/α-hetero) is 1. The number of ether oxygens (including phenoxy) is 1. The van der Waals surface area contributed by atoms with Crippen molar-refractivity contribution in [1.82, 2.24) is 0 Å². The first-order valence-corrected chi connectivity index (χ1v) is 9.29. The van der Waals surface area contributed by atoms with E-state index in [1.54, 1.807) is 48.5 Å². The van der Waals surface area contributed by atoms with E-state index in [-0.39, 0.29) is 23.7 Å². The Kier molecular flexibility index (Phi) is 6.42. The highest BCUT2D eigenvalue weighted by molar-refractivity contribution is 6.47. The summed E-state index contributed by atoms with van der Waals surface area (Å²) in [5, 5.41) is 4.20. The number of nitrogens with zero attached hydrogens (tertiary/aromatic N) is 1. The summed E-state index contributed by atoms with van der Waals surface area (Å²) in [5.74, 6) is 4.88. The fourth-order valence-electron chi connectivity index (χ4n) is 2.76. The van der Waals surface area contributed by atoms with Gasteiger partial charge < -0.3 is 10.6 Å². The molecule has 0 aromatic heterocycles. The quantitative estimate of drug-likeness (QED) is 0.217. The number of benzene rings is 3. The Morgan fingerprint density at radius 2 is 1.62 bits per heavy atom. The number of para-hydroxylation sites is 1. The van der Waals surface area contributed by atoms with Crippen molar-refractivity contribution >= 4 is 29.1 Å². The van der Waals surface area contributed by atoms with Crippen LogP contribution >= 0.6 is 11.6 Å². The molecule has 0 aliphatic heterocycles. The van der Waals surface area contributed by atoms with Crippen LogP contribution < -0.4 is 10.6 Å². The molecule has 0 atom stereocenters. The maximum absolute atomic E-state index is 12.8. The van der Waals surface area contributed by atoms with Gasteiger partial charge in [-0.1, -0.05) is 53.6 Å². The first kappa shape index (κ1) is 20.3. The number of esters is 1. The van der Waals surface area contributed by atoms with Crippen LogP contribution in [-0.4, -0.2) is 17.5 Å². The van der Waals surface area contributed by atoms with Crippen LogP contribution in [0.5, 0.6) is 5.75 Å². The lowest BCUT2D eigenvalue weighted by Crippen LogP contribution is -2.21. The number of hydrogen-bond acceptors (Lipinski definition) is 5. The minimum atomic E-state index is -0.573. The van der Waals surface area contributed by atoms with Crippen LogP contribution in [0.1, 0.15) is 27.0 Å². The molecule has 2 N–H and O–H groups in total. The van der Waals surface area contributed by atoms with Crippen molar-refractivity contribution in [2.24, 2.45) is 10.9 Å². The van der Waals surface area contributed by atoms with Crippen molar-refractivity contribution in [3.8, 4) is 5.75 Å². The standard InChI is InChI=1S/C23H19ClN2O3/c1-15-6-8-16(9-7-15)14-20(27)22(26-25)19-4-2-3-5-21(19)29-23(28)17-10-12-18(24)13-11-17/h2-13H,14,25H2,1H3/b26-22+. The highest BCUT2D eigenvalue weighted by atomic mass is 35.5. The van der Waals surface area contributed by atoms with Gasteiger partial charge in [0.1, 0.15) is 11.5 Å². The first-order valence-electron chi connectivity index (χ1n) is 8.91. The Morgan fingerprint density at radius 3 is 2.28 bits per heavy atom. The lowest BCUT2D eigenvalue weighted by atomic mass is 9.99. The Balaban J connectivity index is 1.83. The Hall–Kier alpha value is -3.44. The maximum Gasteiger partial charge on any atom is 0.343 e. The molecule has 0 radical (unpaired) electrons. The maximum atomic E-state index is 12.8. The van der Waals surface area contributed by atoms with E-state index in [1.165, 1.54) is 0 Å². The van der Waals surface area contributed by atoms with Gasteiger partial charge in [-0.2, -0.15) is 5.10 Å². The minimum Gasteiger partial charge on any atom is -0.422 e. The molecule has 3 aromatic rings. The third-order valence-corrected chi connectivity index (χ3v) is 4.56. The van der Waals surface area contributed by atoms with Crippen LogP contribution in [0.3, 0.4) is 0 Å². The highest BCUT2D eigenvalue weighted by Crippen LogP contribution is 2.22. The van der Waals surface area contributed by atoms with Gasteiger partial charge in [-0.05, 0) is 48.9 Å². The molecule has 3 rings (SSSR count). The topological polar surface area (TPSA) is 81.8 Å². The molecule has 0 saturated carbocycles. The summed E-state index contributed by atoms with van der Waals surface area (Å²) in [6.45, 7) is 1.98. The van der Waals surface area contributed by atoms with Gasteiger partial charge in [0.05, 0.1) is 5.56 Å². The largest absolute Gasteiger partial charge is 0.422 e. The number of hydrogen-bond donors (Lipinski definition) is 1. The summed E-state index contributed by atoms with van der Waals surface area (Å²) in [7, 11) is 0. The Labute approximate surface area is 173 Å². The van der Waals surface area contributed by atoms with Crippen LogP contribution in [0.4, 0.5) is 0 Å². The molecule has 0 aliphatic rings. The minimum absolute atomic E-state index is 0.0464. The lowest BCUT2D eigenvalue weighted by molar-refractivity contribution is -0.112. The van der Waals surface area contributed by atoms with Crippen LogP contribution in [0, 0.1) is 6.92 Å². The fourth-order valence-corrected chi connectivity index (χ4v) is 2.89. The third-order valence-electron chi connectivity index (χ3n) is 4.30. The van der Waals surface area contributed by atoms with Crippen molar-refractivity contribution in [3.05, 3.63) is 100 Å². The van der Waals surface area contributed by atoms with Gasteiger partial charge in [-0.15, -0.1) is 0 Å². The smallest absolute Gasteiger partial charge is 0.343 e. The van der Waals surface area contributed by atoms with Gasteiger partial charge in [-0.3, -0.25) is 4.79 Å². The van der Waals surface area contributed by atoms with Crippen LogP contribution in [0.25, 0.3) is 0 Å². The second kappa shape index (κ2) is 9.17. The van der Waals surface area contributed by atoms with Gasteiger partial charge in [0.25, 0.3) is 0 Å². The van der Waals surface area contributed by atoms with Gasteiger partial charge in [0.15, 0.2) is 5.78 Å². The van der Waals surface area contributed by atoms with Gasteiger partial charge in [0.2, 0.25) is 0 Å². The summed E-state index contributed by atoms with van der Waals surface area (Å²) in [5.41, 5.74) is 2.69. The number of ketones is 1. The lowest BCUT2D eigenvalue weighted by Gasteiger charge is -2.11. The SMILES string of the molecule is Cc1ccc(CC(=O)/C(=N/N)c2ccccc2OC(=O)c2ccc(Cl)cc2)cc1. The molecule has 0 bridgehead atoms. The van der Waals surface area contributed by atoms with E-state index in [2.05, 4.69) is 5.10 Å². The average Bonchev–Trinajstić information content (AvgIpc) is 2.72. The van der Waals surface area contributed by atoms with Crippen LogP contribution in [-0.2, 0) is 11.2 Å². The molecule has 3 aromatic carbocycles. The number of halogens is 1. The molecule has 0 fully saturated rings. The van der Waals surface area contributed by atoms with Crippen LogP contribution in [0.2, 0.25) is 5.02 Å². The predicted octanol–water partition coefficient (Wildman–Crippen LogP) is 4.34. The average molecular weight is 407 g/mol. The molecule has 6 heteroatoms. The second-order valence-corrected chi connectivity index (χ2v) is 6.89. The van der Waals surface area contributed by atoms with Crippen molar-refractivity contribution in [2.75, 3.05) is 0 Å². The summed E-state index contributed by atoms with van der Waals surface area (Å²) in [6.07, 6.45) is 0.135. The number of carbonyl (C=O) groups is 2. The molecule has 0 aliphatic carbocycles. The summed E-state index contributed by atoms with van der Waals surface area (Å²) in [6, 6.07) is 20.6. The molecule has 146 valence electrons. The van der Waals surface area contributed by atoms with E-state index >= 15 is 0 Å². The molecular weight excluding hydrogens is 388 g/mol. The second-order valence-electron chi connectivity index (χ2n) is 6.46. The summed E-state index contributed by atoms with van der Waals surface area (Å²) < 4.78 is 5.50. The monoisotopic (exact) mass is 406 g/mol. The van der Waals surface area contributed by atoms with Crippen molar-refractivity contribution in [3.63, 3.8) is 0 Å².